The summed E-state index contributed by atoms with van der Waals surface area (Å²) in [6.45, 7) is 3.79. The summed E-state index contributed by atoms with van der Waals surface area (Å²) in [6.07, 6.45) is 8.76. The Balaban J connectivity index is 0.000000277. The third kappa shape index (κ3) is 11.4. The highest BCUT2D eigenvalue weighted by Gasteiger charge is 2.22. The maximum absolute atomic E-state index is 11.4. The number of hydrogen-bond donors (Lipinski definition) is 3. The fourth-order valence-corrected chi connectivity index (χ4v) is 4.88. The van der Waals surface area contributed by atoms with Crippen LogP contribution in [0.2, 0.25) is 0 Å². The quantitative estimate of drug-likeness (QED) is 0.386. The molecular formula is C26H41N7O4S. The largest absolute Gasteiger partial charge is 0.364 e. The zero-order chi connectivity index (χ0) is 28.7. The molecule has 11 nitrogen and oxygen atoms in total. The lowest BCUT2D eigenvalue weighted by Gasteiger charge is -2.23. The van der Waals surface area contributed by atoms with E-state index in [4.69, 9.17) is 5.73 Å². The number of anilines is 1. The Morgan fingerprint density at radius 2 is 1.82 bits per heavy atom. The van der Waals surface area contributed by atoms with E-state index < -0.39 is 11.8 Å². The average Bonchev–Trinajstić information content (AvgIpc) is 3.35. The maximum Gasteiger partial charge on any atom is 0.289 e. The second-order valence-electron chi connectivity index (χ2n) is 9.14. The molecule has 38 heavy (non-hydrogen) atoms. The Hall–Kier alpha value is -3.22. The van der Waals surface area contributed by atoms with Crippen molar-refractivity contribution >= 4 is 41.2 Å². The van der Waals surface area contributed by atoms with Crippen LogP contribution in [-0.4, -0.2) is 78.5 Å². The number of nitrogens with zero attached hydrogens (tertiary/aromatic N) is 4. The molecule has 0 bridgehead atoms. The minimum absolute atomic E-state index is 0.210. The topological polar surface area (TPSA) is 165 Å². The highest BCUT2D eigenvalue weighted by atomic mass is 32.1. The van der Waals surface area contributed by atoms with Crippen LogP contribution in [0.1, 0.15) is 58.0 Å². The highest BCUT2D eigenvalue weighted by molar-refractivity contribution is 7.13. The van der Waals surface area contributed by atoms with E-state index >= 15 is 0 Å². The predicted octanol–water partition coefficient (Wildman–Crippen LogP) is 1.99. The number of carbonyl (C=O) groups is 4. The Kier molecular flexibility index (Phi) is 15.0. The zero-order valence-electron chi connectivity index (χ0n) is 23.0. The Morgan fingerprint density at radius 1 is 1.16 bits per heavy atom. The second-order valence-corrected chi connectivity index (χ2v) is 10.2. The molecule has 0 unspecified atom stereocenters. The van der Waals surface area contributed by atoms with Crippen molar-refractivity contribution in [2.75, 3.05) is 40.1 Å². The Labute approximate surface area is 229 Å². The molecule has 0 spiro atoms. The lowest BCUT2D eigenvalue weighted by Crippen LogP contribution is -2.30. The number of aryl methyl sites for hydroxylation is 1. The van der Waals surface area contributed by atoms with Gasteiger partial charge in [-0.1, -0.05) is 25.3 Å². The van der Waals surface area contributed by atoms with E-state index in [0.717, 1.165) is 43.6 Å². The fourth-order valence-electron chi connectivity index (χ4n) is 3.84. The molecule has 2 aliphatic rings. The van der Waals surface area contributed by atoms with Crippen molar-refractivity contribution in [1.82, 2.24) is 19.8 Å². The summed E-state index contributed by atoms with van der Waals surface area (Å²) in [5, 5.41) is 2.75. The van der Waals surface area contributed by atoms with Crippen molar-refractivity contribution < 1.29 is 19.2 Å². The van der Waals surface area contributed by atoms with Gasteiger partial charge < -0.3 is 26.6 Å². The first kappa shape index (κ1) is 32.8. The van der Waals surface area contributed by atoms with Crippen LogP contribution in [0.25, 0.3) is 0 Å². The number of nitrogens with one attached hydrogen (secondary N) is 1. The number of likely N-dealkylation sites (N-methyl/N-ethyl adjacent to an activating group) is 1. The van der Waals surface area contributed by atoms with Gasteiger partial charge in [-0.3, -0.25) is 19.2 Å². The number of amides is 3. The minimum Gasteiger partial charge on any atom is -0.364 e. The van der Waals surface area contributed by atoms with Crippen LogP contribution in [0.5, 0.6) is 0 Å². The number of carbonyl (C=O) groups excluding carboxylic acids is 4. The van der Waals surface area contributed by atoms with Gasteiger partial charge in [-0.05, 0) is 45.5 Å². The van der Waals surface area contributed by atoms with Gasteiger partial charge >= 0.3 is 0 Å². The van der Waals surface area contributed by atoms with E-state index in [1.54, 1.807) is 23.2 Å². The number of fused-ring (bicyclic) bond motifs is 1. The van der Waals surface area contributed by atoms with Gasteiger partial charge in [-0.2, -0.15) is 0 Å². The summed E-state index contributed by atoms with van der Waals surface area (Å²) in [4.78, 5) is 56.0. The number of rotatable bonds is 4. The molecule has 12 heteroatoms. The average molecular weight is 548 g/mol. The van der Waals surface area contributed by atoms with Gasteiger partial charge in [0.15, 0.2) is 5.01 Å². The normalized spacial score (nSPS) is 14.6. The third-order valence-electron chi connectivity index (χ3n) is 5.80. The van der Waals surface area contributed by atoms with E-state index in [9.17, 15) is 19.2 Å². The number of primary amides is 1. The highest BCUT2D eigenvalue weighted by Crippen LogP contribution is 2.25. The van der Waals surface area contributed by atoms with E-state index in [1.807, 2.05) is 21.0 Å². The standard InChI is InChI=1S/C9H17NO.C8H11N3OS.C8H8N2O2.CH5N/c1-10(2)9(11)8-6-4-3-5-7-8;1-11-3-2-5-6(4-11)13-8(10-5)7(9)12;1-6-2-3-7(9-4-6)10-8(12)5-11;1-2/h8H,3-7H2,1-2H3;2-4H2,1H3,(H2,9,12);2-5H,1H3,(H,9,10,12);2H2,1H3. The van der Waals surface area contributed by atoms with Gasteiger partial charge in [0.05, 0.1) is 5.69 Å². The van der Waals surface area contributed by atoms with Crippen molar-refractivity contribution in [1.29, 1.82) is 0 Å². The molecule has 0 radical (unpaired) electrons. The van der Waals surface area contributed by atoms with Crippen LogP contribution < -0.4 is 16.8 Å². The van der Waals surface area contributed by atoms with E-state index in [2.05, 4.69) is 33.0 Å². The molecule has 1 aliphatic heterocycles. The van der Waals surface area contributed by atoms with Crippen LogP contribution in [0, 0.1) is 12.8 Å². The smallest absolute Gasteiger partial charge is 0.289 e. The number of nitrogens with two attached hydrogens (primary N) is 2. The summed E-state index contributed by atoms with van der Waals surface area (Å²) >= 11 is 1.42. The monoisotopic (exact) mass is 547 g/mol. The minimum atomic E-state index is -0.689. The molecule has 0 saturated heterocycles. The van der Waals surface area contributed by atoms with Gasteiger partial charge in [0.1, 0.15) is 5.82 Å². The summed E-state index contributed by atoms with van der Waals surface area (Å²) < 4.78 is 0. The summed E-state index contributed by atoms with van der Waals surface area (Å²) in [6, 6.07) is 3.43. The molecule has 2 aromatic heterocycles. The first-order valence-corrected chi connectivity index (χ1v) is 13.4. The van der Waals surface area contributed by atoms with Gasteiger partial charge in [0.2, 0.25) is 12.2 Å². The van der Waals surface area contributed by atoms with Crippen molar-refractivity contribution in [3.63, 3.8) is 0 Å². The lowest BCUT2D eigenvalue weighted by molar-refractivity contribution is -0.133. The fraction of sp³-hybridized carbons (Fsp3) is 0.538. The molecule has 0 atom stereocenters. The van der Waals surface area contributed by atoms with E-state index in [-0.39, 0.29) is 6.29 Å². The van der Waals surface area contributed by atoms with Gasteiger partial charge in [0.25, 0.3) is 11.8 Å². The number of pyridine rings is 1. The molecule has 2 aromatic rings. The third-order valence-corrected chi connectivity index (χ3v) is 6.89. The number of hydrogen-bond acceptors (Lipinski definition) is 9. The first-order valence-electron chi connectivity index (χ1n) is 12.5. The van der Waals surface area contributed by atoms with Crippen LogP contribution in [-0.2, 0) is 27.3 Å². The predicted molar refractivity (Wildman–Crippen MR) is 150 cm³/mol. The Bertz CT molecular complexity index is 1030. The Morgan fingerprint density at radius 3 is 2.34 bits per heavy atom. The molecule has 1 aliphatic carbocycles. The number of aldehydes is 1. The van der Waals surface area contributed by atoms with Crippen LogP contribution >= 0.6 is 11.3 Å². The van der Waals surface area contributed by atoms with Crippen molar-refractivity contribution in [2.24, 2.45) is 17.4 Å². The van der Waals surface area contributed by atoms with Gasteiger partial charge in [0, 0.05) is 50.6 Å². The van der Waals surface area contributed by atoms with Crippen LogP contribution in [0.4, 0.5) is 5.82 Å². The van der Waals surface area contributed by atoms with Crippen molar-refractivity contribution in [2.45, 2.75) is 52.0 Å². The molecule has 210 valence electrons. The second kappa shape index (κ2) is 17.3. The molecule has 5 N–H and O–H groups in total. The molecule has 3 heterocycles. The molecule has 0 aromatic carbocycles. The lowest BCUT2D eigenvalue weighted by atomic mass is 9.88. The summed E-state index contributed by atoms with van der Waals surface area (Å²) in [7, 11) is 7.25. The van der Waals surface area contributed by atoms with Crippen molar-refractivity contribution in [3.8, 4) is 0 Å². The van der Waals surface area contributed by atoms with E-state index in [1.165, 1.54) is 42.5 Å². The molecule has 1 saturated carbocycles. The molecule has 1 fully saturated rings. The summed E-state index contributed by atoms with van der Waals surface area (Å²) in [5.74, 6) is -0.0606. The molecular weight excluding hydrogens is 506 g/mol. The SMILES string of the molecule is CN.CN(C)C(=O)C1CCCCC1.CN1CCc2nc(C(N)=O)sc2C1.Cc1ccc(NC(=O)C=O)nc1. The first-order chi connectivity index (χ1) is 18.1. The summed E-state index contributed by atoms with van der Waals surface area (Å²) in [5.41, 5.74) is 11.7. The molecule has 4 rings (SSSR count). The zero-order valence-corrected chi connectivity index (χ0v) is 23.8. The number of aromatic nitrogens is 2. The van der Waals surface area contributed by atoms with Gasteiger partial charge in [-0.25, -0.2) is 9.97 Å². The number of thiazole rings is 1. The van der Waals surface area contributed by atoms with E-state index in [0.29, 0.717) is 22.7 Å². The molecule has 3 amide bonds. The van der Waals surface area contributed by atoms with Gasteiger partial charge in [-0.15, -0.1) is 11.3 Å². The van der Waals surface area contributed by atoms with Crippen LogP contribution in [0.3, 0.4) is 0 Å². The maximum atomic E-state index is 11.4. The van der Waals surface area contributed by atoms with Crippen LogP contribution in [0.15, 0.2) is 18.3 Å². The van der Waals surface area contributed by atoms with Crippen molar-refractivity contribution in [3.05, 3.63) is 39.5 Å².